The van der Waals surface area contributed by atoms with Gasteiger partial charge in [0.1, 0.15) is 0 Å². The van der Waals surface area contributed by atoms with E-state index in [4.69, 9.17) is 14.2 Å². The van der Waals surface area contributed by atoms with E-state index in [0.717, 1.165) is 71.3 Å². The summed E-state index contributed by atoms with van der Waals surface area (Å²) in [6.07, 6.45) is 4.54. The first-order chi connectivity index (χ1) is 13.9. The number of nitrogens with zero attached hydrogens (tertiary/aromatic N) is 1. The Morgan fingerprint density at radius 3 is 2.86 bits per heavy atom. The molecule has 2 aliphatic heterocycles. The Bertz CT molecular complexity index is 576. The first kappa shape index (κ1) is 21.1. The molecule has 1 aromatic carbocycles. The van der Waals surface area contributed by atoms with Crippen molar-refractivity contribution in [3.63, 3.8) is 0 Å². The fraction of sp³-hybridized carbons (Fsp3) is 0.682. The highest BCUT2D eigenvalue weighted by Gasteiger charge is 2.27. The smallest absolute Gasteiger partial charge is 0.190 e. The summed E-state index contributed by atoms with van der Waals surface area (Å²) in [5.41, 5.74) is 1.27. The number of aliphatic imine (C=N–C) groups is 1. The Morgan fingerprint density at radius 1 is 1.18 bits per heavy atom. The Labute approximate surface area is 169 Å². The number of hydrogen-bond donors (Lipinski definition) is 2. The zero-order chi connectivity index (χ0) is 19.4. The number of hydrogen-bond acceptors (Lipinski definition) is 4. The van der Waals surface area contributed by atoms with Crippen LogP contribution in [0.3, 0.4) is 0 Å². The molecular weight excluding hydrogens is 354 g/mol. The van der Waals surface area contributed by atoms with Crippen LogP contribution in [0.2, 0.25) is 0 Å². The van der Waals surface area contributed by atoms with Crippen molar-refractivity contribution in [2.24, 2.45) is 16.8 Å². The molecule has 28 heavy (non-hydrogen) atoms. The molecule has 2 N–H and O–H groups in total. The summed E-state index contributed by atoms with van der Waals surface area (Å²) >= 11 is 0. The van der Waals surface area contributed by atoms with Crippen molar-refractivity contribution >= 4 is 5.96 Å². The van der Waals surface area contributed by atoms with Gasteiger partial charge in [0.05, 0.1) is 19.3 Å². The Balaban J connectivity index is 1.33. The molecule has 2 fully saturated rings. The molecule has 2 heterocycles. The fourth-order valence-electron chi connectivity index (χ4n) is 3.86. The molecule has 0 aromatic heterocycles. The first-order valence-electron chi connectivity index (χ1n) is 10.6. The van der Waals surface area contributed by atoms with E-state index in [-0.39, 0.29) is 6.10 Å². The van der Waals surface area contributed by atoms with Crippen LogP contribution >= 0.6 is 0 Å². The van der Waals surface area contributed by atoms with Crippen molar-refractivity contribution in [1.29, 1.82) is 0 Å². The lowest BCUT2D eigenvalue weighted by Crippen LogP contribution is -2.42. The molecule has 0 saturated carbocycles. The number of rotatable bonds is 9. The number of nitrogens with one attached hydrogen (secondary N) is 2. The van der Waals surface area contributed by atoms with Gasteiger partial charge in [-0.1, -0.05) is 30.3 Å². The molecule has 3 atom stereocenters. The van der Waals surface area contributed by atoms with Gasteiger partial charge in [0.25, 0.3) is 0 Å². The van der Waals surface area contributed by atoms with E-state index in [2.05, 4.69) is 46.0 Å². The SMILES string of the molecule is CN=C(NCCCOCC1CCOC1)NCC1CCCOC1c1ccccc1. The molecule has 0 amide bonds. The monoisotopic (exact) mass is 389 g/mol. The lowest BCUT2D eigenvalue weighted by atomic mass is 9.89. The summed E-state index contributed by atoms with van der Waals surface area (Å²) in [5, 5.41) is 6.86. The lowest BCUT2D eigenvalue weighted by molar-refractivity contribution is -0.0265. The van der Waals surface area contributed by atoms with Crippen molar-refractivity contribution < 1.29 is 14.2 Å². The van der Waals surface area contributed by atoms with Crippen molar-refractivity contribution in [1.82, 2.24) is 10.6 Å². The Hall–Kier alpha value is -1.63. The van der Waals surface area contributed by atoms with E-state index in [1.807, 2.05) is 7.05 Å². The third-order valence-corrected chi connectivity index (χ3v) is 5.46. The Kier molecular flexibility index (Phi) is 9.07. The van der Waals surface area contributed by atoms with Crippen molar-refractivity contribution in [3.8, 4) is 0 Å². The molecule has 0 spiro atoms. The highest BCUT2D eigenvalue weighted by atomic mass is 16.5. The standard InChI is InChI=1S/C22H35N3O3/c1-23-22(24-11-6-12-26-16-18-10-14-27-17-18)25-15-20-9-5-13-28-21(20)19-7-3-2-4-8-19/h2-4,7-8,18,20-21H,5-6,9-17H2,1H3,(H2,23,24,25). The average Bonchev–Trinajstić information content (AvgIpc) is 3.27. The van der Waals surface area contributed by atoms with Gasteiger partial charge in [-0.2, -0.15) is 0 Å². The highest BCUT2D eigenvalue weighted by Crippen LogP contribution is 2.32. The zero-order valence-corrected chi connectivity index (χ0v) is 17.1. The minimum Gasteiger partial charge on any atom is -0.381 e. The molecule has 0 bridgehead atoms. The van der Waals surface area contributed by atoms with E-state index < -0.39 is 0 Å². The molecular formula is C22H35N3O3. The van der Waals surface area contributed by atoms with Gasteiger partial charge in [0.15, 0.2) is 5.96 Å². The second-order valence-electron chi connectivity index (χ2n) is 7.64. The summed E-state index contributed by atoms with van der Waals surface area (Å²) in [6, 6.07) is 10.5. The molecule has 156 valence electrons. The minimum atomic E-state index is 0.161. The topological polar surface area (TPSA) is 64.1 Å². The van der Waals surface area contributed by atoms with E-state index >= 15 is 0 Å². The second kappa shape index (κ2) is 12.0. The molecule has 2 saturated heterocycles. The number of guanidine groups is 1. The third kappa shape index (κ3) is 6.76. The van der Waals surface area contributed by atoms with Crippen LogP contribution in [0, 0.1) is 11.8 Å². The molecule has 6 nitrogen and oxygen atoms in total. The molecule has 3 unspecified atom stereocenters. The first-order valence-corrected chi connectivity index (χ1v) is 10.6. The van der Waals surface area contributed by atoms with Gasteiger partial charge in [0.2, 0.25) is 0 Å². The normalized spacial score (nSPS) is 25.6. The quantitative estimate of drug-likeness (QED) is 0.386. The zero-order valence-electron chi connectivity index (χ0n) is 17.1. The molecule has 0 aliphatic carbocycles. The molecule has 1 aromatic rings. The maximum Gasteiger partial charge on any atom is 0.190 e. The Morgan fingerprint density at radius 2 is 2.07 bits per heavy atom. The largest absolute Gasteiger partial charge is 0.381 e. The van der Waals surface area contributed by atoms with Crippen LogP contribution in [-0.2, 0) is 14.2 Å². The van der Waals surface area contributed by atoms with Gasteiger partial charge in [-0.25, -0.2) is 0 Å². The van der Waals surface area contributed by atoms with Crippen molar-refractivity contribution in [3.05, 3.63) is 35.9 Å². The average molecular weight is 390 g/mol. The van der Waals surface area contributed by atoms with Crippen LogP contribution in [-0.4, -0.2) is 59.1 Å². The fourth-order valence-corrected chi connectivity index (χ4v) is 3.86. The number of ether oxygens (including phenoxy) is 3. The molecule has 3 rings (SSSR count). The van der Waals surface area contributed by atoms with Crippen LogP contribution in [0.5, 0.6) is 0 Å². The predicted octanol–water partition coefficient (Wildman–Crippen LogP) is 2.76. The summed E-state index contributed by atoms with van der Waals surface area (Å²) in [7, 11) is 1.82. The van der Waals surface area contributed by atoms with Gasteiger partial charge in [-0.3, -0.25) is 4.99 Å². The van der Waals surface area contributed by atoms with Gasteiger partial charge in [-0.05, 0) is 31.2 Å². The van der Waals surface area contributed by atoms with Crippen LogP contribution < -0.4 is 10.6 Å². The van der Waals surface area contributed by atoms with Crippen LogP contribution in [0.15, 0.2) is 35.3 Å². The summed E-state index contributed by atoms with van der Waals surface area (Å²) in [4.78, 5) is 4.35. The van der Waals surface area contributed by atoms with Crippen molar-refractivity contribution in [2.75, 3.05) is 53.2 Å². The van der Waals surface area contributed by atoms with Crippen molar-refractivity contribution in [2.45, 2.75) is 31.8 Å². The molecule has 6 heteroatoms. The van der Waals surface area contributed by atoms with E-state index in [1.165, 1.54) is 12.0 Å². The van der Waals surface area contributed by atoms with E-state index in [1.54, 1.807) is 0 Å². The van der Waals surface area contributed by atoms with Gasteiger partial charge >= 0.3 is 0 Å². The summed E-state index contributed by atoms with van der Waals surface area (Å²) in [6.45, 7) is 5.87. The molecule has 2 aliphatic rings. The lowest BCUT2D eigenvalue weighted by Gasteiger charge is -2.32. The van der Waals surface area contributed by atoms with E-state index in [9.17, 15) is 0 Å². The highest BCUT2D eigenvalue weighted by molar-refractivity contribution is 5.79. The second-order valence-corrected chi connectivity index (χ2v) is 7.64. The summed E-state index contributed by atoms with van der Waals surface area (Å²) in [5.74, 6) is 1.88. The third-order valence-electron chi connectivity index (χ3n) is 5.46. The molecule has 0 radical (unpaired) electrons. The minimum absolute atomic E-state index is 0.161. The predicted molar refractivity (Wildman–Crippen MR) is 112 cm³/mol. The van der Waals surface area contributed by atoms with Gasteiger partial charge in [0, 0.05) is 51.8 Å². The van der Waals surface area contributed by atoms with Gasteiger partial charge < -0.3 is 24.8 Å². The number of benzene rings is 1. The van der Waals surface area contributed by atoms with Gasteiger partial charge in [-0.15, -0.1) is 0 Å². The van der Waals surface area contributed by atoms with Crippen LogP contribution in [0.4, 0.5) is 0 Å². The van der Waals surface area contributed by atoms with Crippen LogP contribution in [0.1, 0.15) is 37.4 Å². The summed E-state index contributed by atoms with van der Waals surface area (Å²) < 4.78 is 17.2. The maximum absolute atomic E-state index is 6.08. The van der Waals surface area contributed by atoms with E-state index in [0.29, 0.717) is 11.8 Å². The maximum atomic E-state index is 6.08. The van der Waals surface area contributed by atoms with Crippen LogP contribution in [0.25, 0.3) is 0 Å².